The molecule has 0 unspecified atom stereocenters. The van der Waals surface area contributed by atoms with E-state index in [-0.39, 0.29) is 11.7 Å². The van der Waals surface area contributed by atoms with Crippen LogP contribution >= 0.6 is 23.1 Å². The van der Waals surface area contributed by atoms with E-state index in [1.165, 1.54) is 23.1 Å². The lowest BCUT2D eigenvalue weighted by atomic mass is 10.3. The molecular formula is C17H20N4O3S2. The molecule has 2 aromatic rings. The number of carbonyl (C=O) groups excluding carboxylic acids is 2. The maximum atomic E-state index is 12.3. The molecule has 0 aliphatic heterocycles. The fraction of sp³-hybridized carbons (Fsp3) is 0.412. The Bertz CT molecular complexity index is 811. The van der Waals surface area contributed by atoms with Gasteiger partial charge >= 0.3 is 5.97 Å². The van der Waals surface area contributed by atoms with Gasteiger partial charge in [0.2, 0.25) is 5.91 Å². The van der Waals surface area contributed by atoms with E-state index in [0.29, 0.717) is 34.8 Å². The van der Waals surface area contributed by atoms with Crippen LogP contribution in [0, 0.1) is 0 Å². The second kappa shape index (κ2) is 8.50. The number of nitrogens with zero attached hydrogens (tertiary/aromatic N) is 3. The van der Waals surface area contributed by atoms with E-state index >= 15 is 0 Å². The van der Waals surface area contributed by atoms with Crippen LogP contribution in [-0.4, -0.2) is 39.0 Å². The van der Waals surface area contributed by atoms with Crippen molar-refractivity contribution in [3.8, 4) is 0 Å². The molecule has 1 amide bonds. The highest BCUT2D eigenvalue weighted by atomic mass is 32.2. The van der Waals surface area contributed by atoms with Crippen molar-refractivity contribution >= 4 is 40.0 Å². The van der Waals surface area contributed by atoms with E-state index in [1.54, 1.807) is 24.4 Å². The maximum absolute atomic E-state index is 12.3. The first kappa shape index (κ1) is 18.7. The molecule has 7 nitrogen and oxygen atoms in total. The monoisotopic (exact) mass is 392 g/mol. The van der Waals surface area contributed by atoms with E-state index in [9.17, 15) is 9.59 Å². The van der Waals surface area contributed by atoms with Gasteiger partial charge in [-0.2, -0.15) is 0 Å². The molecule has 0 spiro atoms. The number of thiophene rings is 1. The fourth-order valence-electron chi connectivity index (χ4n) is 2.42. The van der Waals surface area contributed by atoms with Crippen molar-refractivity contribution < 1.29 is 14.3 Å². The smallest absolute Gasteiger partial charge is 0.341 e. The van der Waals surface area contributed by atoms with Crippen LogP contribution in [0.5, 0.6) is 0 Å². The van der Waals surface area contributed by atoms with Crippen molar-refractivity contribution in [2.45, 2.75) is 37.4 Å². The summed E-state index contributed by atoms with van der Waals surface area (Å²) in [5, 5.41) is 14.2. The summed E-state index contributed by atoms with van der Waals surface area (Å²) in [6.45, 7) is 6.44. The van der Waals surface area contributed by atoms with Crippen LogP contribution in [-0.2, 0) is 16.1 Å². The zero-order valence-corrected chi connectivity index (χ0v) is 16.1. The first-order chi connectivity index (χ1) is 12.6. The number of esters is 1. The summed E-state index contributed by atoms with van der Waals surface area (Å²) in [7, 11) is 0. The molecule has 1 aliphatic carbocycles. The molecule has 0 saturated heterocycles. The molecule has 26 heavy (non-hydrogen) atoms. The number of ether oxygens (including phenoxy) is 1. The van der Waals surface area contributed by atoms with Gasteiger partial charge in [0.25, 0.3) is 0 Å². The molecule has 0 radical (unpaired) electrons. The Kier molecular flexibility index (Phi) is 6.10. The second-order valence-electron chi connectivity index (χ2n) is 5.74. The number of aromatic nitrogens is 3. The maximum Gasteiger partial charge on any atom is 0.341 e. The van der Waals surface area contributed by atoms with Crippen molar-refractivity contribution in [3.63, 3.8) is 0 Å². The fourth-order valence-corrected chi connectivity index (χ4v) is 3.97. The van der Waals surface area contributed by atoms with Crippen LogP contribution in [0.3, 0.4) is 0 Å². The summed E-state index contributed by atoms with van der Waals surface area (Å²) < 4.78 is 7.00. The molecule has 1 aliphatic rings. The van der Waals surface area contributed by atoms with Crippen molar-refractivity contribution in [1.29, 1.82) is 0 Å². The molecule has 0 aromatic carbocycles. The lowest BCUT2D eigenvalue weighted by Crippen LogP contribution is -2.16. The highest BCUT2D eigenvalue weighted by molar-refractivity contribution is 7.99. The minimum Gasteiger partial charge on any atom is -0.462 e. The zero-order chi connectivity index (χ0) is 18.5. The quantitative estimate of drug-likeness (QED) is 0.400. The minimum absolute atomic E-state index is 0.181. The average molecular weight is 393 g/mol. The van der Waals surface area contributed by atoms with Gasteiger partial charge in [-0.25, -0.2) is 4.79 Å². The normalized spacial score (nSPS) is 13.4. The average Bonchev–Trinajstić information content (AvgIpc) is 3.22. The Morgan fingerprint density at radius 2 is 2.31 bits per heavy atom. The summed E-state index contributed by atoms with van der Waals surface area (Å²) in [4.78, 5) is 24.2. The predicted molar refractivity (Wildman–Crippen MR) is 102 cm³/mol. The Morgan fingerprint density at radius 3 is 3.00 bits per heavy atom. The Hall–Kier alpha value is -2.13. The third-order valence-corrected chi connectivity index (χ3v) is 5.54. The predicted octanol–water partition coefficient (Wildman–Crippen LogP) is 3.31. The van der Waals surface area contributed by atoms with Gasteiger partial charge < -0.3 is 14.6 Å². The molecule has 9 heteroatoms. The van der Waals surface area contributed by atoms with Crippen molar-refractivity contribution in [2.24, 2.45) is 0 Å². The number of carbonyl (C=O) groups is 2. The van der Waals surface area contributed by atoms with Gasteiger partial charge in [-0.15, -0.1) is 28.1 Å². The number of allylic oxidation sites excluding steroid dienone is 1. The SMILES string of the molecule is C=CCn1c(SCC(=O)Nc2sccc2C(=O)OCC)nnc1C1CC1. The molecule has 0 bridgehead atoms. The number of thioether (sulfide) groups is 1. The highest BCUT2D eigenvalue weighted by Gasteiger charge is 2.30. The van der Waals surface area contributed by atoms with Crippen LogP contribution in [0.25, 0.3) is 0 Å². The molecular weight excluding hydrogens is 372 g/mol. The van der Waals surface area contributed by atoms with Crippen molar-refractivity contribution in [3.05, 3.63) is 35.5 Å². The Balaban J connectivity index is 1.61. The van der Waals surface area contributed by atoms with Crippen LogP contribution in [0.4, 0.5) is 5.00 Å². The molecule has 2 aromatic heterocycles. The zero-order valence-electron chi connectivity index (χ0n) is 14.4. The Labute approximate surface area is 159 Å². The lowest BCUT2D eigenvalue weighted by molar-refractivity contribution is -0.113. The van der Waals surface area contributed by atoms with E-state index in [1.807, 2.05) is 4.57 Å². The topological polar surface area (TPSA) is 86.1 Å². The number of amides is 1. The van der Waals surface area contributed by atoms with E-state index in [2.05, 4.69) is 22.1 Å². The van der Waals surface area contributed by atoms with Crippen molar-refractivity contribution in [2.75, 3.05) is 17.7 Å². The van der Waals surface area contributed by atoms with Gasteiger partial charge in [0.15, 0.2) is 5.16 Å². The third-order valence-electron chi connectivity index (χ3n) is 3.75. The largest absolute Gasteiger partial charge is 0.462 e. The number of hydrogen-bond acceptors (Lipinski definition) is 7. The van der Waals surface area contributed by atoms with Gasteiger partial charge in [0.1, 0.15) is 10.8 Å². The highest BCUT2D eigenvalue weighted by Crippen LogP contribution is 2.40. The number of nitrogens with one attached hydrogen (secondary N) is 1. The van der Waals surface area contributed by atoms with Gasteiger partial charge in [-0.05, 0) is 31.2 Å². The Morgan fingerprint density at radius 1 is 1.50 bits per heavy atom. The van der Waals surface area contributed by atoms with Crippen LogP contribution in [0.2, 0.25) is 0 Å². The van der Waals surface area contributed by atoms with Crippen molar-refractivity contribution in [1.82, 2.24) is 14.8 Å². The number of anilines is 1. The minimum atomic E-state index is -0.434. The summed E-state index contributed by atoms with van der Waals surface area (Å²) in [6, 6.07) is 1.65. The first-order valence-electron chi connectivity index (χ1n) is 8.35. The van der Waals surface area contributed by atoms with Gasteiger partial charge in [-0.1, -0.05) is 17.8 Å². The number of hydrogen-bond donors (Lipinski definition) is 1. The van der Waals surface area contributed by atoms with E-state index in [0.717, 1.165) is 18.7 Å². The summed E-state index contributed by atoms with van der Waals surface area (Å²) >= 11 is 2.62. The molecule has 0 atom stereocenters. The molecule has 1 N–H and O–H groups in total. The van der Waals surface area contributed by atoms with Crippen LogP contribution < -0.4 is 5.32 Å². The molecule has 2 heterocycles. The first-order valence-corrected chi connectivity index (χ1v) is 10.2. The van der Waals surface area contributed by atoms with E-state index in [4.69, 9.17) is 4.74 Å². The third kappa shape index (κ3) is 4.34. The van der Waals surface area contributed by atoms with E-state index < -0.39 is 5.97 Å². The molecule has 3 rings (SSSR count). The second-order valence-corrected chi connectivity index (χ2v) is 7.59. The number of rotatable bonds is 9. The van der Waals surface area contributed by atoms with Gasteiger partial charge in [-0.3, -0.25) is 4.79 Å². The molecule has 1 fully saturated rings. The van der Waals surface area contributed by atoms with Gasteiger partial charge in [0, 0.05) is 12.5 Å². The standard InChI is InChI=1S/C17H20N4O3S2/c1-3-8-21-14(11-5-6-11)19-20-17(21)26-10-13(22)18-15-12(7-9-25-15)16(23)24-4-2/h3,7,9,11H,1,4-6,8,10H2,2H3,(H,18,22). The molecule has 1 saturated carbocycles. The van der Waals surface area contributed by atoms with Gasteiger partial charge in [0.05, 0.1) is 17.9 Å². The summed E-state index contributed by atoms with van der Waals surface area (Å²) in [5.41, 5.74) is 0.376. The molecule has 138 valence electrons. The summed E-state index contributed by atoms with van der Waals surface area (Å²) in [5.74, 6) is 0.986. The van der Waals surface area contributed by atoms with Crippen LogP contribution in [0.15, 0.2) is 29.3 Å². The van der Waals surface area contributed by atoms with Crippen LogP contribution in [0.1, 0.15) is 41.9 Å². The lowest BCUT2D eigenvalue weighted by Gasteiger charge is -2.08. The summed E-state index contributed by atoms with van der Waals surface area (Å²) in [6.07, 6.45) is 4.07.